The summed E-state index contributed by atoms with van der Waals surface area (Å²) in [6, 6.07) is 7.33. The fourth-order valence-corrected chi connectivity index (χ4v) is 3.26. The first kappa shape index (κ1) is 15.0. The Hall–Kier alpha value is -1.88. The molecule has 1 unspecified atom stereocenters. The van der Waals surface area contributed by atoms with Crippen LogP contribution in [0.1, 0.15) is 30.5 Å². The summed E-state index contributed by atoms with van der Waals surface area (Å²) >= 11 is 0. The number of amides is 2. The predicted molar refractivity (Wildman–Crippen MR) is 82.3 cm³/mol. The van der Waals surface area contributed by atoms with Crippen LogP contribution in [0.3, 0.4) is 0 Å². The van der Waals surface area contributed by atoms with Crippen molar-refractivity contribution in [2.75, 3.05) is 32.8 Å². The maximum Gasteiger partial charge on any atom is 0.250 e. The number of rotatable bonds is 3. The van der Waals surface area contributed by atoms with E-state index >= 15 is 0 Å². The third kappa shape index (κ3) is 2.73. The highest BCUT2D eigenvalue weighted by atomic mass is 16.5. The van der Waals surface area contributed by atoms with Gasteiger partial charge in [-0.05, 0) is 17.5 Å². The van der Waals surface area contributed by atoms with Gasteiger partial charge in [-0.2, -0.15) is 0 Å². The summed E-state index contributed by atoms with van der Waals surface area (Å²) in [5, 5.41) is 0. The number of hydrogen-bond donors (Lipinski definition) is 0. The molecule has 0 spiro atoms. The Balaban J connectivity index is 1.95. The van der Waals surface area contributed by atoms with Gasteiger partial charge in [0.25, 0.3) is 0 Å². The molecule has 1 aromatic carbocycles. The molecule has 1 fully saturated rings. The molecule has 22 heavy (non-hydrogen) atoms. The molecule has 0 N–H and O–H groups in total. The summed E-state index contributed by atoms with van der Waals surface area (Å²) < 4.78 is 5.33. The Morgan fingerprint density at radius 1 is 1.27 bits per heavy atom. The predicted octanol–water partition coefficient (Wildman–Crippen LogP) is 1.38. The van der Waals surface area contributed by atoms with Gasteiger partial charge < -0.3 is 14.5 Å². The number of carbonyl (C=O) groups is 2. The van der Waals surface area contributed by atoms with Crippen LogP contribution in [0.4, 0.5) is 0 Å². The van der Waals surface area contributed by atoms with Crippen LogP contribution in [-0.4, -0.2) is 54.5 Å². The Morgan fingerprint density at radius 2 is 2.00 bits per heavy atom. The number of carbonyl (C=O) groups excluding carboxylic acids is 2. The summed E-state index contributed by atoms with van der Waals surface area (Å²) in [7, 11) is 0. The van der Waals surface area contributed by atoms with Crippen LogP contribution in [0, 0.1) is 0 Å². The molecule has 5 heteroatoms. The van der Waals surface area contributed by atoms with E-state index in [-0.39, 0.29) is 11.8 Å². The number of morpholine rings is 1. The largest absolute Gasteiger partial charge is 0.378 e. The molecule has 0 saturated carbocycles. The van der Waals surface area contributed by atoms with Crippen LogP contribution < -0.4 is 0 Å². The summed E-state index contributed by atoms with van der Waals surface area (Å²) in [6.07, 6.45) is 1.24. The second-order valence-corrected chi connectivity index (χ2v) is 5.80. The van der Waals surface area contributed by atoms with E-state index in [0.29, 0.717) is 39.3 Å². The van der Waals surface area contributed by atoms with Crippen molar-refractivity contribution in [1.82, 2.24) is 9.80 Å². The third-order valence-electron chi connectivity index (χ3n) is 4.34. The fourth-order valence-electron chi connectivity index (χ4n) is 3.26. The normalized spacial score (nSPS) is 21.7. The molecule has 3 rings (SSSR count). The lowest BCUT2D eigenvalue weighted by Gasteiger charge is -2.39. The first-order valence-corrected chi connectivity index (χ1v) is 7.96. The molecule has 0 aliphatic carbocycles. The van der Waals surface area contributed by atoms with E-state index in [1.54, 1.807) is 4.90 Å². The van der Waals surface area contributed by atoms with Crippen molar-refractivity contribution in [3.8, 4) is 0 Å². The SMILES string of the molecule is CCCN1C(=O)Cc2ccccc2C1C(=O)N1CCOCC1. The molecule has 2 amide bonds. The number of nitrogens with zero attached hydrogens (tertiary/aromatic N) is 2. The molecule has 0 bridgehead atoms. The van der Waals surface area contributed by atoms with E-state index in [1.165, 1.54) is 0 Å². The van der Waals surface area contributed by atoms with Gasteiger partial charge in [-0.15, -0.1) is 0 Å². The van der Waals surface area contributed by atoms with Gasteiger partial charge in [0.05, 0.1) is 19.6 Å². The van der Waals surface area contributed by atoms with Crippen molar-refractivity contribution in [3.05, 3.63) is 35.4 Å². The zero-order valence-corrected chi connectivity index (χ0v) is 13.0. The van der Waals surface area contributed by atoms with Gasteiger partial charge in [0, 0.05) is 19.6 Å². The summed E-state index contributed by atoms with van der Waals surface area (Å²) in [4.78, 5) is 29.1. The molecule has 2 heterocycles. The highest BCUT2D eigenvalue weighted by molar-refractivity contribution is 5.92. The Labute approximate surface area is 130 Å². The molecule has 1 atom stereocenters. The molecular formula is C17H22N2O3. The average molecular weight is 302 g/mol. The van der Waals surface area contributed by atoms with E-state index in [9.17, 15) is 9.59 Å². The maximum absolute atomic E-state index is 13.0. The lowest BCUT2D eigenvalue weighted by molar-refractivity contribution is -0.149. The molecule has 5 nitrogen and oxygen atoms in total. The van der Waals surface area contributed by atoms with Crippen molar-refractivity contribution in [2.24, 2.45) is 0 Å². The van der Waals surface area contributed by atoms with Crippen LogP contribution >= 0.6 is 0 Å². The smallest absolute Gasteiger partial charge is 0.250 e. The molecular weight excluding hydrogens is 280 g/mol. The number of benzene rings is 1. The average Bonchev–Trinajstić information content (AvgIpc) is 2.56. The summed E-state index contributed by atoms with van der Waals surface area (Å²) in [6.45, 7) is 5.00. The van der Waals surface area contributed by atoms with Crippen LogP contribution in [0.25, 0.3) is 0 Å². The van der Waals surface area contributed by atoms with Crippen molar-refractivity contribution in [1.29, 1.82) is 0 Å². The molecule has 2 aliphatic rings. The minimum Gasteiger partial charge on any atom is -0.378 e. The lowest BCUT2D eigenvalue weighted by atomic mass is 9.91. The molecule has 0 radical (unpaired) electrons. The van der Waals surface area contributed by atoms with Crippen molar-refractivity contribution in [2.45, 2.75) is 25.8 Å². The highest BCUT2D eigenvalue weighted by Gasteiger charge is 2.38. The van der Waals surface area contributed by atoms with Gasteiger partial charge in [-0.25, -0.2) is 0 Å². The summed E-state index contributed by atoms with van der Waals surface area (Å²) in [5.74, 6) is 0.0735. The van der Waals surface area contributed by atoms with Crippen molar-refractivity contribution < 1.29 is 14.3 Å². The zero-order valence-electron chi connectivity index (χ0n) is 13.0. The van der Waals surface area contributed by atoms with Crippen LogP contribution in [0.5, 0.6) is 0 Å². The van der Waals surface area contributed by atoms with E-state index in [4.69, 9.17) is 4.74 Å². The van der Waals surface area contributed by atoms with Crippen LogP contribution in [-0.2, 0) is 20.7 Å². The first-order chi connectivity index (χ1) is 10.7. The van der Waals surface area contributed by atoms with Gasteiger partial charge in [0.1, 0.15) is 6.04 Å². The molecule has 1 saturated heterocycles. The number of ether oxygens (including phenoxy) is 1. The third-order valence-corrected chi connectivity index (χ3v) is 4.34. The minimum atomic E-state index is -0.476. The number of hydrogen-bond acceptors (Lipinski definition) is 3. The second kappa shape index (κ2) is 6.48. The van der Waals surface area contributed by atoms with Crippen LogP contribution in [0.2, 0.25) is 0 Å². The zero-order chi connectivity index (χ0) is 15.5. The number of fused-ring (bicyclic) bond motifs is 1. The van der Waals surface area contributed by atoms with Gasteiger partial charge in [0.15, 0.2) is 0 Å². The van der Waals surface area contributed by atoms with E-state index in [0.717, 1.165) is 17.5 Å². The van der Waals surface area contributed by atoms with Gasteiger partial charge in [-0.1, -0.05) is 31.2 Å². The quantitative estimate of drug-likeness (QED) is 0.847. The monoisotopic (exact) mass is 302 g/mol. The van der Waals surface area contributed by atoms with Crippen LogP contribution in [0.15, 0.2) is 24.3 Å². The molecule has 1 aromatic rings. The Kier molecular flexibility index (Phi) is 4.43. The first-order valence-electron chi connectivity index (χ1n) is 7.96. The Bertz CT molecular complexity index is 567. The minimum absolute atomic E-state index is 0.0252. The molecule has 118 valence electrons. The van der Waals surface area contributed by atoms with Gasteiger partial charge in [-0.3, -0.25) is 9.59 Å². The molecule has 0 aromatic heterocycles. The van der Waals surface area contributed by atoms with Gasteiger partial charge in [0.2, 0.25) is 11.8 Å². The second-order valence-electron chi connectivity index (χ2n) is 5.80. The lowest BCUT2D eigenvalue weighted by Crippen LogP contribution is -2.51. The fraction of sp³-hybridized carbons (Fsp3) is 0.529. The highest BCUT2D eigenvalue weighted by Crippen LogP contribution is 2.32. The standard InChI is InChI=1S/C17H22N2O3/c1-2-7-19-15(20)12-13-5-3-4-6-14(13)16(19)17(21)18-8-10-22-11-9-18/h3-6,16H,2,7-12H2,1H3. The molecule has 2 aliphatic heterocycles. The van der Waals surface area contributed by atoms with E-state index in [2.05, 4.69) is 0 Å². The summed E-state index contributed by atoms with van der Waals surface area (Å²) in [5.41, 5.74) is 1.96. The topological polar surface area (TPSA) is 49.9 Å². The van der Waals surface area contributed by atoms with Crippen molar-refractivity contribution >= 4 is 11.8 Å². The van der Waals surface area contributed by atoms with E-state index < -0.39 is 6.04 Å². The van der Waals surface area contributed by atoms with Crippen molar-refractivity contribution in [3.63, 3.8) is 0 Å². The Morgan fingerprint density at radius 3 is 2.73 bits per heavy atom. The van der Waals surface area contributed by atoms with Gasteiger partial charge >= 0.3 is 0 Å². The maximum atomic E-state index is 13.0. The van der Waals surface area contributed by atoms with E-state index in [1.807, 2.05) is 36.1 Å².